The van der Waals surface area contributed by atoms with Crippen molar-refractivity contribution in [2.45, 2.75) is 32.2 Å². The van der Waals surface area contributed by atoms with E-state index in [0.29, 0.717) is 29.2 Å². The van der Waals surface area contributed by atoms with Gasteiger partial charge in [-0.2, -0.15) is 0 Å². The third-order valence-corrected chi connectivity index (χ3v) is 6.19. The van der Waals surface area contributed by atoms with Crippen LogP contribution in [0.1, 0.15) is 41.8 Å². The van der Waals surface area contributed by atoms with Crippen molar-refractivity contribution in [1.29, 1.82) is 0 Å². The average molecular weight is 435 g/mol. The van der Waals surface area contributed by atoms with E-state index in [1.165, 1.54) is 24.5 Å². The summed E-state index contributed by atoms with van der Waals surface area (Å²) in [7, 11) is 1.54. The molecule has 3 aromatic rings. The van der Waals surface area contributed by atoms with E-state index in [2.05, 4.69) is 40.5 Å². The summed E-state index contributed by atoms with van der Waals surface area (Å²) in [6, 6.07) is 16.8. The SMILES string of the molecule is COc1ccc2oc(C(=O)NCCCC3CCN(Cc4ccccc4)CC3)cc(=O)c2c1. The van der Waals surface area contributed by atoms with Crippen molar-refractivity contribution in [3.8, 4) is 5.75 Å². The average Bonchev–Trinajstić information content (AvgIpc) is 2.83. The fourth-order valence-electron chi connectivity index (χ4n) is 4.33. The largest absolute Gasteiger partial charge is 0.497 e. The highest BCUT2D eigenvalue weighted by molar-refractivity contribution is 5.93. The molecule has 0 unspecified atom stereocenters. The molecule has 1 aliphatic rings. The van der Waals surface area contributed by atoms with E-state index in [1.807, 2.05) is 0 Å². The summed E-state index contributed by atoms with van der Waals surface area (Å²) in [6.45, 7) is 3.85. The van der Waals surface area contributed by atoms with Gasteiger partial charge in [0.2, 0.25) is 0 Å². The maximum Gasteiger partial charge on any atom is 0.287 e. The summed E-state index contributed by atoms with van der Waals surface area (Å²) in [6.07, 6.45) is 4.42. The number of fused-ring (bicyclic) bond motifs is 1. The van der Waals surface area contributed by atoms with Gasteiger partial charge in [-0.05, 0) is 68.5 Å². The van der Waals surface area contributed by atoms with Crippen molar-refractivity contribution in [1.82, 2.24) is 10.2 Å². The number of hydrogen-bond donors (Lipinski definition) is 1. The van der Waals surface area contributed by atoms with Gasteiger partial charge in [0.05, 0.1) is 12.5 Å². The van der Waals surface area contributed by atoms with E-state index in [4.69, 9.17) is 9.15 Å². The number of ether oxygens (including phenoxy) is 1. The molecular weight excluding hydrogens is 404 g/mol. The van der Waals surface area contributed by atoms with E-state index in [1.54, 1.807) is 25.3 Å². The molecule has 1 amide bonds. The third-order valence-electron chi connectivity index (χ3n) is 6.19. The molecule has 32 heavy (non-hydrogen) atoms. The third kappa shape index (κ3) is 5.56. The zero-order chi connectivity index (χ0) is 22.3. The number of nitrogens with one attached hydrogen (secondary N) is 1. The molecule has 0 radical (unpaired) electrons. The number of hydrogen-bond acceptors (Lipinski definition) is 5. The first-order valence-corrected chi connectivity index (χ1v) is 11.3. The number of amides is 1. The first-order valence-electron chi connectivity index (χ1n) is 11.3. The number of methoxy groups -OCH3 is 1. The minimum absolute atomic E-state index is 0.0434. The zero-order valence-corrected chi connectivity index (χ0v) is 18.5. The molecule has 0 spiro atoms. The normalized spacial score (nSPS) is 15.0. The van der Waals surface area contributed by atoms with E-state index in [0.717, 1.165) is 32.5 Å². The number of nitrogens with zero attached hydrogens (tertiary/aromatic N) is 1. The first-order chi connectivity index (χ1) is 15.6. The quantitative estimate of drug-likeness (QED) is 0.538. The maximum atomic E-state index is 12.5. The second-order valence-electron chi connectivity index (χ2n) is 8.44. The van der Waals surface area contributed by atoms with E-state index < -0.39 is 0 Å². The number of likely N-dealkylation sites (tertiary alicyclic amines) is 1. The fraction of sp³-hybridized carbons (Fsp3) is 0.385. The summed E-state index contributed by atoms with van der Waals surface area (Å²) < 4.78 is 10.8. The molecule has 1 N–H and O–H groups in total. The predicted octanol–water partition coefficient (Wildman–Crippen LogP) is 4.22. The van der Waals surface area contributed by atoms with Crippen LogP contribution in [0.4, 0.5) is 0 Å². The molecule has 1 saturated heterocycles. The van der Waals surface area contributed by atoms with Gasteiger partial charge < -0.3 is 14.5 Å². The maximum absolute atomic E-state index is 12.5. The second-order valence-corrected chi connectivity index (χ2v) is 8.44. The van der Waals surface area contributed by atoms with Crippen molar-refractivity contribution in [2.75, 3.05) is 26.7 Å². The van der Waals surface area contributed by atoms with Crippen LogP contribution in [-0.2, 0) is 6.54 Å². The number of benzene rings is 2. The van der Waals surface area contributed by atoms with Crippen LogP contribution in [-0.4, -0.2) is 37.6 Å². The highest BCUT2D eigenvalue weighted by Crippen LogP contribution is 2.23. The Morgan fingerprint density at radius 1 is 1.12 bits per heavy atom. The molecule has 2 aromatic carbocycles. The smallest absolute Gasteiger partial charge is 0.287 e. The minimum Gasteiger partial charge on any atom is -0.497 e. The molecule has 4 rings (SSSR count). The molecule has 1 fully saturated rings. The Morgan fingerprint density at radius 2 is 1.91 bits per heavy atom. The molecule has 6 nitrogen and oxygen atoms in total. The Kier molecular flexibility index (Phi) is 7.22. The van der Waals surface area contributed by atoms with Crippen molar-refractivity contribution < 1.29 is 13.9 Å². The standard InChI is InChI=1S/C26H30N2O4/c1-31-21-9-10-24-22(16-21)23(29)17-25(32-24)26(30)27-13-5-8-19-11-14-28(15-12-19)18-20-6-3-2-4-7-20/h2-4,6-7,9-10,16-17,19H,5,8,11-15,18H2,1H3,(H,27,30). The summed E-state index contributed by atoms with van der Waals surface area (Å²) >= 11 is 0. The van der Waals surface area contributed by atoms with Crippen LogP contribution < -0.4 is 15.5 Å². The highest BCUT2D eigenvalue weighted by Gasteiger charge is 2.19. The summed E-state index contributed by atoms with van der Waals surface area (Å²) in [5.41, 5.74) is 1.50. The number of rotatable bonds is 8. The van der Waals surface area contributed by atoms with Crippen LogP contribution in [0.3, 0.4) is 0 Å². The monoisotopic (exact) mass is 434 g/mol. The van der Waals surface area contributed by atoms with Gasteiger partial charge in [-0.25, -0.2) is 0 Å². The Hall–Kier alpha value is -3.12. The molecule has 0 atom stereocenters. The van der Waals surface area contributed by atoms with E-state index >= 15 is 0 Å². The van der Waals surface area contributed by atoms with Gasteiger partial charge in [0.1, 0.15) is 11.3 Å². The molecule has 0 saturated carbocycles. The number of piperidine rings is 1. The van der Waals surface area contributed by atoms with Gasteiger partial charge in [-0.1, -0.05) is 30.3 Å². The van der Waals surface area contributed by atoms with Crippen LogP contribution in [0.15, 0.2) is 63.8 Å². The molecule has 0 bridgehead atoms. The zero-order valence-electron chi connectivity index (χ0n) is 18.5. The lowest BCUT2D eigenvalue weighted by atomic mass is 9.92. The fourth-order valence-corrected chi connectivity index (χ4v) is 4.33. The molecule has 168 valence electrons. The molecule has 2 heterocycles. The Labute approximate surface area is 188 Å². The molecule has 1 aliphatic heterocycles. The van der Waals surface area contributed by atoms with E-state index in [9.17, 15) is 9.59 Å². The Balaban J connectivity index is 1.21. The highest BCUT2D eigenvalue weighted by atomic mass is 16.5. The topological polar surface area (TPSA) is 71.8 Å². The molecule has 0 aliphatic carbocycles. The molecule has 1 aromatic heterocycles. The predicted molar refractivity (Wildman–Crippen MR) is 125 cm³/mol. The van der Waals surface area contributed by atoms with Crippen molar-refractivity contribution in [3.63, 3.8) is 0 Å². The van der Waals surface area contributed by atoms with Crippen LogP contribution >= 0.6 is 0 Å². The van der Waals surface area contributed by atoms with Crippen LogP contribution in [0, 0.1) is 5.92 Å². The molecule has 6 heteroatoms. The van der Waals surface area contributed by atoms with Crippen LogP contribution in [0.2, 0.25) is 0 Å². The molecular formula is C26H30N2O4. The van der Waals surface area contributed by atoms with Gasteiger partial charge in [0, 0.05) is 19.2 Å². The van der Waals surface area contributed by atoms with Gasteiger partial charge in [-0.3, -0.25) is 14.5 Å². The van der Waals surface area contributed by atoms with E-state index in [-0.39, 0.29) is 17.1 Å². The lowest BCUT2D eigenvalue weighted by Gasteiger charge is -2.32. The van der Waals surface area contributed by atoms with Crippen molar-refractivity contribution in [2.24, 2.45) is 5.92 Å². The summed E-state index contributed by atoms with van der Waals surface area (Å²) in [4.78, 5) is 27.3. The number of carbonyl (C=O) groups is 1. The Morgan fingerprint density at radius 3 is 2.66 bits per heavy atom. The summed E-state index contributed by atoms with van der Waals surface area (Å²) in [5, 5.41) is 3.29. The lowest BCUT2D eigenvalue weighted by Crippen LogP contribution is -2.33. The van der Waals surface area contributed by atoms with Gasteiger partial charge in [0.25, 0.3) is 5.91 Å². The van der Waals surface area contributed by atoms with Crippen molar-refractivity contribution >= 4 is 16.9 Å². The van der Waals surface area contributed by atoms with Gasteiger partial charge in [0.15, 0.2) is 11.2 Å². The summed E-state index contributed by atoms with van der Waals surface area (Å²) in [5.74, 6) is 0.972. The lowest BCUT2D eigenvalue weighted by molar-refractivity contribution is 0.0924. The second kappa shape index (κ2) is 10.5. The minimum atomic E-state index is -0.350. The number of carbonyl (C=O) groups excluding carboxylic acids is 1. The first kappa shape index (κ1) is 22.1. The van der Waals surface area contributed by atoms with Gasteiger partial charge in [-0.15, -0.1) is 0 Å². The van der Waals surface area contributed by atoms with Gasteiger partial charge >= 0.3 is 0 Å². The Bertz CT molecular complexity index is 1100. The van der Waals surface area contributed by atoms with Crippen LogP contribution in [0.5, 0.6) is 5.75 Å². The van der Waals surface area contributed by atoms with Crippen molar-refractivity contribution in [3.05, 3.63) is 76.1 Å². The van der Waals surface area contributed by atoms with Crippen LogP contribution in [0.25, 0.3) is 11.0 Å².